The van der Waals surface area contributed by atoms with Gasteiger partial charge in [0, 0.05) is 6.42 Å². The summed E-state index contributed by atoms with van der Waals surface area (Å²) in [5.41, 5.74) is 2.48. The Morgan fingerprint density at radius 1 is 1.33 bits per heavy atom. The van der Waals surface area contributed by atoms with E-state index in [9.17, 15) is 14.0 Å². The number of halogens is 1. The minimum atomic E-state index is -0.525. The number of ether oxygens (including phenoxy) is 2. The van der Waals surface area contributed by atoms with E-state index in [0.717, 1.165) is 5.01 Å². The average molecular weight is 296 g/mol. The maximum atomic E-state index is 12.7. The molecule has 0 spiro atoms. The fourth-order valence-electron chi connectivity index (χ4n) is 1.81. The van der Waals surface area contributed by atoms with E-state index in [1.165, 1.54) is 12.1 Å². The number of benzene rings is 1. The molecular formula is C14H17FN2O4. The van der Waals surface area contributed by atoms with Crippen molar-refractivity contribution in [1.29, 1.82) is 0 Å². The first-order chi connectivity index (χ1) is 10.1. The lowest BCUT2D eigenvalue weighted by Gasteiger charge is -2.13. The smallest absolute Gasteiger partial charge is 0.428 e. The molecule has 0 saturated carbocycles. The van der Waals surface area contributed by atoms with Crippen LogP contribution in [0.15, 0.2) is 24.3 Å². The molecule has 0 aliphatic carbocycles. The number of unbranched alkanes of at least 4 members (excludes halogenated alkanes) is 1. The Morgan fingerprint density at radius 3 is 2.76 bits per heavy atom. The van der Waals surface area contributed by atoms with Crippen LogP contribution in [-0.4, -0.2) is 36.8 Å². The zero-order valence-corrected chi connectivity index (χ0v) is 11.5. The van der Waals surface area contributed by atoms with Crippen LogP contribution < -0.4 is 10.2 Å². The maximum Gasteiger partial charge on any atom is 0.428 e. The van der Waals surface area contributed by atoms with Crippen LogP contribution in [0.5, 0.6) is 5.75 Å². The van der Waals surface area contributed by atoms with Crippen LogP contribution in [-0.2, 0) is 9.53 Å². The number of hydrogen-bond acceptors (Lipinski definition) is 4. The zero-order chi connectivity index (χ0) is 15.1. The first kappa shape index (κ1) is 15.1. The summed E-state index contributed by atoms with van der Waals surface area (Å²) in [5, 5.41) is 1.16. The van der Waals surface area contributed by atoms with Crippen molar-refractivity contribution >= 4 is 12.0 Å². The zero-order valence-electron chi connectivity index (χ0n) is 11.5. The largest absolute Gasteiger partial charge is 0.494 e. The Bertz CT molecular complexity index is 492. The molecule has 1 aromatic rings. The van der Waals surface area contributed by atoms with Gasteiger partial charge in [0.15, 0.2) is 0 Å². The lowest BCUT2D eigenvalue weighted by atomic mass is 10.2. The van der Waals surface area contributed by atoms with E-state index < -0.39 is 6.09 Å². The summed E-state index contributed by atoms with van der Waals surface area (Å²) in [6.07, 6.45) is 1.10. The van der Waals surface area contributed by atoms with Gasteiger partial charge in [-0.05, 0) is 37.1 Å². The SMILES string of the molecule is O=C(CCCCOc1ccc(F)cc1)NN1CCOC1=O. The Hall–Kier alpha value is -2.31. The number of cyclic esters (lactones) is 1. The molecule has 1 aliphatic rings. The third-order valence-electron chi connectivity index (χ3n) is 2.90. The highest BCUT2D eigenvalue weighted by molar-refractivity contribution is 5.79. The fraction of sp³-hybridized carbons (Fsp3) is 0.429. The first-order valence-electron chi connectivity index (χ1n) is 6.77. The van der Waals surface area contributed by atoms with Crippen molar-refractivity contribution in [2.45, 2.75) is 19.3 Å². The predicted molar refractivity (Wildman–Crippen MR) is 71.9 cm³/mol. The summed E-state index contributed by atoms with van der Waals surface area (Å²) in [4.78, 5) is 22.7. The molecule has 1 aliphatic heterocycles. The molecule has 7 heteroatoms. The summed E-state index contributed by atoms with van der Waals surface area (Å²) in [6, 6.07) is 5.78. The number of hydrazine groups is 1. The molecule has 0 aromatic heterocycles. The second-order valence-corrected chi connectivity index (χ2v) is 4.56. The van der Waals surface area contributed by atoms with Crippen LogP contribution in [0, 0.1) is 5.82 Å². The fourth-order valence-corrected chi connectivity index (χ4v) is 1.81. The van der Waals surface area contributed by atoms with E-state index in [2.05, 4.69) is 5.43 Å². The highest BCUT2D eigenvalue weighted by atomic mass is 19.1. The van der Waals surface area contributed by atoms with Gasteiger partial charge in [0.1, 0.15) is 18.2 Å². The number of hydrogen-bond donors (Lipinski definition) is 1. The lowest BCUT2D eigenvalue weighted by Crippen LogP contribution is -2.42. The molecule has 2 amide bonds. The summed E-state index contributed by atoms with van der Waals surface area (Å²) >= 11 is 0. The maximum absolute atomic E-state index is 12.7. The molecule has 1 N–H and O–H groups in total. The van der Waals surface area contributed by atoms with Crippen LogP contribution >= 0.6 is 0 Å². The third-order valence-corrected chi connectivity index (χ3v) is 2.90. The monoisotopic (exact) mass is 296 g/mol. The summed E-state index contributed by atoms with van der Waals surface area (Å²) in [5.74, 6) is 0.0655. The highest BCUT2D eigenvalue weighted by Crippen LogP contribution is 2.11. The Kier molecular flexibility index (Phi) is 5.36. The van der Waals surface area contributed by atoms with Gasteiger partial charge in [-0.1, -0.05) is 0 Å². The second kappa shape index (κ2) is 7.47. The number of nitrogens with one attached hydrogen (secondary N) is 1. The van der Waals surface area contributed by atoms with Crippen LogP contribution in [0.4, 0.5) is 9.18 Å². The minimum Gasteiger partial charge on any atom is -0.494 e. The molecule has 0 bridgehead atoms. The van der Waals surface area contributed by atoms with Crippen molar-refractivity contribution in [2.24, 2.45) is 0 Å². The lowest BCUT2D eigenvalue weighted by molar-refractivity contribution is -0.124. The van der Waals surface area contributed by atoms with Gasteiger partial charge in [0.05, 0.1) is 13.2 Å². The molecule has 1 heterocycles. The summed E-state index contributed by atoms with van der Waals surface area (Å²) in [7, 11) is 0. The number of carbonyl (C=O) groups excluding carboxylic acids is 2. The minimum absolute atomic E-state index is 0.226. The van der Waals surface area contributed by atoms with Gasteiger partial charge >= 0.3 is 6.09 Å². The summed E-state index contributed by atoms with van der Waals surface area (Å²) < 4.78 is 22.8. The van der Waals surface area contributed by atoms with Crippen LogP contribution in [0.1, 0.15) is 19.3 Å². The van der Waals surface area contributed by atoms with E-state index in [-0.39, 0.29) is 11.7 Å². The standard InChI is InChI=1S/C14H17FN2O4/c15-11-4-6-12(7-5-11)20-9-2-1-3-13(18)16-17-8-10-21-14(17)19/h4-7H,1-3,8-10H2,(H,16,18). The third kappa shape index (κ3) is 4.94. The predicted octanol–water partition coefficient (Wildman–Crippen LogP) is 1.86. The number of amides is 2. The van der Waals surface area contributed by atoms with E-state index in [0.29, 0.717) is 44.8 Å². The van der Waals surface area contributed by atoms with Crippen molar-refractivity contribution in [3.05, 3.63) is 30.1 Å². The van der Waals surface area contributed by atoms with Gasteiger partial charge in [-0.25, -0.2) is 14.2 Å². The molecule has 21 heavy (non-hydrogen) atoms. The van der Waals surface area contributed by atoms with Gasteiger partial charge < -0.3 is 9.47 Å². The Balaban J connectivity index is 1.56. The van der Waals surface area contributed by atoms with Gasteiger partial charge in [0.2, 0.25) is 5.91 Å². The van der Waals surface area contributed by atoms with Gasteiger partial charge in [-0.2, -0.15) is 0 Å². The highest BCUT2D eigenvalue weighted by Gasteiger charge is 2.23. The quantitative estimate of drug-likeness (QED) is 0.780. The van der Waals surface area contributed by atoms with Crippen molar-refractivity contribution in [3.63, 3.8) is 0 Å². The molecule has 0 radical (unpaired) electrons. The molecule has 2 rings (SSSR count). The van der Waals surface area contributed by atoms with Crippen LogP contribution in [0.2, 0.25) is 0 Å². The van der Waals surface area contributed by atoms with Gasteiger partial charge in [0.25, 0.3) is 0 Å². The Morgan fingerprint density at radius 2 is 2.10 bits per heavy atom. The molecular weight excluding hydrogens is 279 g/mol. The normalized spacial score (nSPS) is 14.0. The molecule has 6 nitrogen and oxygen atoms in total. The van der Waals surface area contributed by atoms with E-state index in [4.69, 9.17) is 9.47 Å². The number of carbonyl (C=O) groups is 2. The molecule has 0 atom stereocenters. The van der Waals surface area contributed by atoms with Crippen LogP contribution in [0.3, 0.4) is 0 Å². The summed E-state index contributed by atoms with van der Waals surface area (Å²) in [6.45, 7) is 1.12. The average Bonchev–Trinajstić information content (AvgIpc) is 2.86. The van der Waals surface area contributed by atoms with Crippen molar-refractivity contribution in [2.75, 3.05) is 19.8 Å². The topological polar surface area (TPSA) is 67.9 Å². The Labute approximate surface area is 121 Å². The second-order valence-electron chi connectivity index (χ2n) is 4.56. The van der Waals surface area contributed by atoms with Crippen LogP contribution in [0.25, 0.3) is 0 Å². The number of nitrogens with zero attached hydrogens (tertiary/aromatic N) is 1. The van der Waals surface area contributed by atoms with E-state index in [1.807, 2.05) is 0 Å². The van der Waals surface area contributed by atoms with Crippen molar-refractivity contribution in [3.8, 4) is 5.75 Å². The molecule has 0 unspecified atom stereocenters. The molecule has 1 saturated heterocycles. The van der Waals surface area contributed by atoms with Crippen molar-refractivity contribution in [1.82, 2.24) is 10.4 Å². The molecule has 1 aromatic carbocycles. The molecule has 1 fully saturated rings. The molecule has 114 valence electrons. The number of rotatable bonds is 7. The van der Waals surface area contributed by atoms with Crippen molar-refractivity contribution < 1.29 is 23.5 Å². The van der Waals surface area contributed by atoms with Gasteiger partial charge in [-0.3, -0.25) is 10.2 Å². The first-order valence-corrected chi connectivity index (χ1v) is 6.77. The van der Waals surface area contributed by atoms with Gasteiger partial charge in [-0.15, -0.1) is 0 Å². The van der Waals surface area contributed by atoms with E-state index >= 15 is 0 Å². The van der Waals surface area contributed by atoms with E-state index in [1.54, 1.807) is 12.1 Å².